The van der Waals surface area contributed by atoms with Crippen LogP contribution in [-0.2, 0) is 65.4 Å². The van der Waals surface area contributed by atoms with Gasteiger partial charge in [-0.25, -0.2) is 9.13 Å². The van der Waals surface area contributed by atoms with Crippen LogP contribution in [0.5, 0.6) is 0 Å². The number of aliphatic hydroxyl groups is 1. The van der Waals surface area contributed by atoms with Crippen LogP contribution in [-0.4, -0.2) is 96.7 Å². The van der Waals surface area contributed by atoms with Gasteiger partial charge in [0.1, 0.15) is 19.3 Å². The second-order valence-electron chi connectivity index (χ2n) is 25.7. The van der Waals surface area contributed by atoms with Gasteiger partial charge in [0, 0.05) is 25.7 Å². The van der Waals surface area contributed by atoms with Crippen molar-refractivity contribution in [1.29, 1.82) is 0 Å². The molecule has 0 aliphatic rings. The molecule has 17 nitrogen and oxygen atoms in total. The zero-order valence-corrected chi connectivity index (χ0v) is 59.4. The molecule has 3 N–H and O–H groups in total. The molecule has 0 heterocycles. The maximum Gasteiger partial charge on any atom is 0.472 e. The molecular formula is C70H136O17P2. The molecule has 528 valence electrons. The highest BCUT2D eigenvalue weighted by molar-refractivity contribution is 7.47. The first kappa shape index (κ1) is 87.1. The molecule has 2 unspecified atom stereocenters. The Balaban J connectivity index is 5.23. The number of carbonyl (C=O) groups is 4. The number of esters is 4. The minimum Gasteiger partial charge on any atom is -0.462 e. The van der Waals surface area contributed by atoms with E-state index in [4.69, 9.17) is 37.0 Å². The maximum absolute atomic E-state index is 13.0. The average molecular weight is 1310 g/mol. The molecule has 5 atom stereocenters. The second-order valence-corrected chi connectivity index (χ2v) is 28.7. The Morgan fingerprint density at radius 1 is 0.303 bits per heavy atom. The number of unbranched alkanes of at least 4 members (excludes halogenated alkanes) is 42. The zero-order chi connectivity index (χ0) is 65.6. The fraction of sp³-hybridized carbons (Fsp3) is 0.943. The standard InChI is InChI=1S/C70H136O17P2/c1-6-9-12-15-18-21-23-25-26-27-28-30-35-41-46-51-56-70(75)87-66(60-81-68(73)54-49-44-39-36-31-33-37-42-47-52-63(4)5)62-85-89(78,79)83-58-64(71)57-82-88(76,77)84-61-65(59-80-67(72)53-48-43-38-32-20-17-14-11-8-3)86-69(74)55-50-45-40-34-29-24-22-19-16-13-10-7-2/h63-66,71H,6-62H2,1-5H3,(H,76,77)(H,78,79)/t64-,65+,66+/m0/s1. The molecule has 0 radical (unpaired) electrons. The van der Waals surface area contributed by atoms with Crippen LogP contribution < -0.4 is 0 Å². The fourth-order valence-electron chi connectivity index (χ4n) is 10.6. The lowest BCUT2D eigenvalue weighted by Crippen LogP contribution is -2.30. The summed E-state index contributed by atoms with van der Waals surface area (Å²) in [6.07, 6.45) is 49.8. The first-order valence-corrected chi connectivity index (χ1v) is 39.6. The largest absolute Gasteiger partial charge is 0.472 e. The van der Waals surface area contributed by atoms with Gasteiger partial charge >= 0.3 is 39.5 Å². The third-order valence-corrected chi connectivity index (χ3v) is 18.2. The van der Waals surface area contributed by atoms with Crippen LogP contribution in [0.4, 0.5) is 0 Å². The Labute approximate surface area is 543 Å². The van der Waals surface area contributed by atoms with Gasteiger partial charge in [0.05, 0.1) is 26.4 Å². The van der Waals surface area contributed by atoms with E-state index >= 15 is 0 Å². The molecule has 0 aromatic rings. The van der Waals surface area contributed by atoms with Gasteiger partial charge in [-0.1, -0.05) is 311 Å². The maximum atomic E-state index is 13.0. The second kappa shape index (κ2) is 63.5. The number of phosphoric ester groups is 2. The lowest BCUT2D eigenvalue weighted by molar-refractivity contribution is -0.161. The molecule has 0 rings (SSSR count). The summed E-state index contributed by atoms with van der Waals surface area (Å²) in [5, 5.41) is 10.6. The quantitative estimate of drug-likeness (QED) is 0.0222. The molecule has 0 aliphatic carbocycles. The van der Waals surface area contributed by atoms with Gasteiger partial charge in [-0.2, -0.15) is 0 Å². The number of phosphoric acid groups is 2. The molecule has 0 bridgehead atoms. The van der Waals surface area contributed by atoms with Gasteiger partial charge < -0.3 is 33.8 Å². The predicted molar refractivity (Wildman–Crippen MR) is 358 cm³/mol. The van der Waals surface area contributed by atoms with Crippen molar-refractivity contribution in [3.8, 4) is 0 Å². The number of carbonyl (C=O) groups excluding carboxylic acids is 4. The van der Waals surface area contributed by atoms with Crippen LogP contribution in [0.3, 0.4) is 0 Å². The van der Waals surface area contributed by atoms with Crippen molar-refractivity contribution >= 4 is 39.5 Å². The minimum atomic E-state index is -4.95. The topological polar surface area (TPSA) is 237 Å². The van der Waals surface area contributed by atoms with Crippen molar-refractivity contribution in [2.24, 2.45) is 5.92 Å². The Hall–Kier alpha value is -1.94. The highest BCUT2D eigenvalue weighted by Crippen LogP contribution is 2.45. The molecule has 0 saturated heterocycles. The van der Waals surface area contributed by atoms with Crippen LogP contribution in [0, 0.1) is 5.92 Å². The number of aliphatic hydroxyl groups excluding tert-OH is 1. The van der Waals surface area contributed by atoms with Gasteiger partial charge in [-0.15, -0.1) is 0 Å². The Morgan fingerprint density at radius 2 is 0.517 bits per heavy atom. The lowest BCUT2D eigenvalue weighted by Gasteiger charge is -2.21. The van der Waals surface area contributed by atoms with E-state index in [0.29, 0.717) is 25.7 Å². The van der Waals surface area contributed by atoms with Crippen molar-refractivity contribution in [1.82, 2.24) is 0 Å². The Morgan fingerprint density at radius 3 is 0.764 bits per heavy atom. The third-order valence-electron chi connectivity index (χ3n) is 16.3. The number of hydrogen-bond donors (Lipinski definition) is 3. The van der Waals surface area contributed by atoms with Crippen molar-refractivity contribution in [3.63, 3.8) is 0 Å². The molecule has 0 aliphatic heterocycles. The van der Waals surface area contributed by atoms with Crippen molar-refractivity contribution in [2.45, 2.75) is 380 Å². The summed E-state index contributed by atoms with van der Waals surface area (Å²) in [6, 6.07) is 0. The van der Waals surface area contributed by atoms with E-state index in [1.165, 1.54) is 186 Å². The van der Waals surface area contributed by atoms with Crippen molar-refractivity contribution < 1.29 is 80.2 Å². The first-order valence-electron chi connectivity index (χ1n) is 36.6. The fourth-order valence-corrected chi connectivity index (χ4v) is 12.2. The molecule has 89 heavy (non-hydrogen) atoms. The van der Waals surface area contributed by atoms with E-state index < -0.39 is 97.5 Å². The van der Waals surface area contributed by atoms with Crippen LogP contribution in [0.2, 0.25) is 0 Å². The van der Waals surface area contributed by atoms with Gasteiger partial charge in [0.25, 0.3) is 0 Å². The number of hydrogen-bond acceptors (Lipinski definition) is 15. The Bertz CT molecular complexity index is 1720. The van der Waals surface area contributed by atoms with Gasteiger partial charge in [-0.05, 0) is 31.6 Å². The first-order chi connectivity index (χ1) is 43.0. The highest BCUT2D eigenvalue weighted by Gasteiger charge is 2.30. The van der Waals surface area contributed by atoms with Crippen LogP contribution in [0.15, 0.2) is 0 Å². The van der Waals surface area contributed by atoms with Crippen molar-refractivity contribution in [2.75, 3.05) is 39.6 Å². The summed E-state index contributed by atoms with van der Waals surface area (Å²) < 4.78 is 68.3. The minimum absolute atomic E-state index is 0.107. The van der Waals surface area contributed by atoms with E-state index in [1.807, 2.05) is 0 Å². The smallest absolute Gasteiger partial charge is 0.462 e. The van der Waals surface area contributed by atoms with Crippen LogP contribution in [0.1, 0.15) is 362 Å². The van der Waals surface area contributed by atoms with E-state index in [2.05, 4.69) is 34.6 Å². The normalized spacial score (nSPS) is 14.1. The summed E-state index contributed by atoms with van der Waals surface area (Å²) in [7, 11) is -9.90. The molecule has 0 spiro atoms. The SMILES string of the molecule is CCCCCCCCCCCCCCCCCCC(=O)O[C@H](COC(=O)CCCCCCCCCCCC(C)C)COP(=O)(O)OC[C@@H](O)COP(=O)(O)OC[C@@H](COC(=O)CCCCCCCCCCC)OC(=O)CCCCCCCCCCCCCC. The molecule has 0 amide bonds. The third kappa shape index (κ3) is 64.6. The molecule has 0 saturated carbocycles. The molecule has 0 fully saturated rings. The summed E-state index contributed by atoms with van der Waals surface area (Å²) in [5.41, 5.74) is 0. The summed E-state index contributed by atoms with van der Waals surface area (Å²) >= 11 is 0. The molecule has 0 aromatic heterocycles. The molecular weight excluding hydrogens is 1170 g/mol. The van der Waals surface area contributed by atoms with Gasteiger partial charge in [0.15, 0.2) is 12.2 Å². The molecule has 0 aromatic carbocycles. The van der Waals surface area contributed by atoms with Crippen LogP contribution in [0.25, 0.3) is 0 Å². The van der Waals surface area contributed by atoms with E-state index in [-0.39, 0.29) is 25.7 Å². The van der Waals surface area contributed by atoms with Crippen molar-refractivity contribution in [3.05, 3.63) is 0 Å². The zero-order valence-electron chi connectivity index (χ0n) is 57.6. The Kier molecular flexibility index (Phi) is 62.1. The van der Waals surface area contributed by atoms with Gasteiger partial charge in [0.2, 0.25) is 0 Å². The van der Waals surface area contributed by atoms with Crippen LogP contribution >= 0.6 is 15.6 Å². The summed E-state index contributed by atoms with van der Waals surface area (Å²) in [4.78, 5) is 72.5. The van der Waals surface area contributed by atoms with E-state index in [1.54, 1.807) is 0 Å². The van der Waals surface area contributed by atoms with Gasteiger partial charge in [-0.3, -0.25) is 37.3 Å². The summed E-state index contributed by atoms with van der Waals surface area (Å²) in [5.74, 6) is -1.38. The summed E-state index contributed by atoms with van der Waals surface area (Å²) in [6.45, 7) is 7.22. The lowest BCUT2D eigenvalue weighted by atomic mass is 10.0. The van der Waals surface area contributed by atoms with E-state index in [9.17, 15) is 43.2 Å². The number of rotatable bonds is 70. The average Bonchev–Trinajstić information content (AvgIpc) is 3.72. The predicted octanol–water partition coefficient (Wildman–Crippen LogP) is 20.1. The highest BCUT2D eigenvalue weighted by atomic mass is 31.2. The van der Waals surface area contributed by atoms with E-state index in [0.717, 1.165) is 95.8 Å². The monoisotopic (exact) mass is 1310 g/mol. The molecule has 19 heteroatoms. The number of ether oxygens (including phenoxy) is 4.